The van der Waals surface area contributed by atoms with Gasteiger partial charge in [-0.1, -0.05) is 0 Å². The van der Waals surface area contributed by atoms with E-state index in [1.165, 1.54) is 6.42 Å². The monoisotopic (exact) mass is 178 g/mol. The summed E-state index contributed by atoms with van der Waals surface area (Å²) in [5, 5.41) is 0. The van der Waals surface area contributed by atoms with Gasteiger partial charge in [-0.3, -0.25) is 4.79 Å². The first-order valence-corrected chi connectivity index (χ1v) is 5.24. The predicted molar refractivity (Wildman–Crippen MR) is 47.1 cm³/mol. The lowest BCUT2D eigenvalue weighted by atomic mass is 9.49. The Balaban J connectivity index is 2.04. The van der Waals surface area contributed by atoms with E-state index in [9.17, 15) is 9.59 Å². The molecule has 4 bridgehead atoms. The molecule has 0 aliphatic heterocycles. The average Bonchev–Trinajstić information content (AvgIpc) is 2.12. The van der Waals surface area contributed by atoms with Crippen LogP contribution < -0.4 is 0 Å². The van der Waals surface area contributed by atoms with E-state index in [4.69, 9.17) is 0 Å². The minimum absolute atomic E-state index is 0.247. The number of carbonyl (C=O) groups is 2. The maximum atomic E-state index is 11.9. The number of hydrogen-bond acceptors (Lipinski definition) is 2. The van der Waals surface area contributed by atoms with E-state index in [0.29, 0.717) is 11.8 Å². The second kappa shape index (κ2) is 2.23. The van der Waals surface area contributed by atoms with E-state index in [2.05, 4.69) is 0 Å². The molecule has 4 aliphatic carbocycles. The van der Waals surface area contributed by atoms with Gasteiger partial charge in [0.25, 0.3) is 0 Å². The number of rotatable bonds is 1. The largest absolute Gasteiger partial charge is 0.302 e. The van der Waals surface area contributed by atoms with Crippen molar-refractivity contribution in [2.75, 3.05) is 0 Å². The van der Waals surface area contributed by atoms with Gasteiger partial charge in [0, 0.05) is 5.92 Å². The maximum Gasteiger partial charge on any atom is 0.149 e. The van der Waals surface area contributed by atoms with Gasteiger partial charge >= 0.3 is 0 Å². The van der Waals surface area contributed by atoms with Gasteiger partial charge in [-0.15, -0.1) is 0 Å². The Morgan fingerprint density at radius 1 is 1.15 bits per heavy atom. The van der Waals surface area contributed by atoms with Crippen LogP contribution in [0.25, 0.3) is 0 Å². The lowest BCUT2D eigenvalue weighted by Gasteiger charge is -2.52. The molecule has 4 aliphatic rings. The fraction of sp³-hybridized carbons (Fsp3) is 0.818. The standard InChI is InChI=1S/C11H14O2/c12-6-11-4-7-1-8(5-11)3-9(2-7)10(11)13/h6-9H,1-5H2. The van der Waals surface area contributed by atoms with E-state index in [1.807, 2.05) is 0 Å². The summed E-state index contributed by atoms with van der Waals surface area (Å²) in [6.07, 6.45) is 6.11. The van der Waals surface area contributed by atoms with Gasteiger partial charge in [0.15, 0.2) is 0 Å². The molecule has 4 rings (SSSR count). The van der Waals surface area contributed by atoms with Crippen molar-refractivity contribution in [2.24, 2.45) is 23.2 Å². The number of ketones is 1. The first-order chi connectivity index (χ1) is 6.23. The van der Waals surface area contributed by atoms with Crippen LogP contribution in [0.15, 0.2) is 0 Å². The highest BCUT2D eigenvalue weighted by Gasteiger charge is 2.56. The van der Waals surface area contributed by atoms with Crippen LogP contribution in [0.4, 0.5) is 0 Å². The van der Waals surface area contributed by atoms with Crippen molar-refractivity contribution in [3.63, 3.8) is 0 Å². The normalized spacial score (nSPS) is 52.6. The van der Waals surface area contributed by atoms with Crippen LogP contribution in [-0.4, -0.2) is 12.1 Å². The molecule has 2 atom stereocenters. The Morgan fingerprint density at radius 2 is 1.77 bits per heavy atom. The number of Topliss-reactive ketones (excluding diaryl/α,β-unsaturated/α-hetero) is 1. The Labute approximate surface area is 77.7 Å². The minimum Gasteiger partial charge on any atom is -0.302 e. The van der Waals surface area contributed by atoms with E-state index in [-0.39, 0.29) is 11.7 Å². The van der Waals surface area contributed by atoms with Crippen molar-refractivity contribution in [3.05, 3.63) is 0 Å². The minimum atomic E-state index is -0.519. The molecule has 0 saturated heterocycles. The zero-order valence-electron chi connectivity index (χ0n) is 7.66. The summed E-state index contributed by atoms with van der Waals surface area (Å²) < 4.78 is 0. The SMILES string of the molecule is O=CC12CC3CC(CC(C3)C1=O)C2. The van der Waals surface area contributed by atoms with Crippen molar-refractivity contribution in [2.45, 2.75) is 32.1 Å². The lowest BCUT2D eigenvalue weighted by Crippen LogP contribution is -2.54. The van der Waals surface area contributed by atoms with Crippen LogP contribution in [0.1, 0.15) is 32.1 Å². The third-order valence-corrected chi connectivity index (χ3v) is 4.30. The van der Waals surface area contributed by atoms with E-state index in [0.717, 1.165) is 32.0 Å². The summed E-state index contributed by atoms with van der Waals surface area (Å²) in [6.45, 7) is 0. The predicted octanol–water partition coefficient (Wildman–Crippen LogP) is 1.58. The molecule has 2 heteroatoms. The summed E-state index contributed by atoms with van der Waals surface area (Å²) in [5.41, 5.74) is -0.519. The molecule has 0 aromatic rings. The molecule has 2 unspecified atom stereocenters. The molecule has 0 aromatic heterocycles. The summed E-state index contributed by atoms with van der Waals surface area (Å²) >= 11 is 0. The molecule has 13 heavy (non-hydrogen) atoms. The highest BCUT2D eigenvalue weighted by atomic mass is 16.1. The quantitative estimate of drug-likeness (QED) is 0.451. The van der Waals surface area contributed by atoms with Gasteiger partial charge in [-0.05, 0) is 43.9 Å². The fourth-order valence-electron chi connectivity index (χ4n) is 3.99. The second-order valence-corrected chi connectivity index (χ2v) is 5.18. The highest BCUT2D eigenvalue weighted by Crippen LogP contribution is 2.57. The molecule has 0 spiro atoms. The van der Waals surface area contributed by atoms with Crippen molar-refractivity contribution in [1.82, 2.24) is 0 Å². The Kier molecular flexibility index (Phi) is 1.32. The molecule has 0 heterocycles. The third-order valence-electron chi connectivity index (χ3n) is 4.30. The van der Waals surface area contributed by atoms with Gasteiger partial charge in [0.2, 0.25) is 0 Å². The highest BCUT2D eigenvalue weighted by molar-refractivity contribution is 6.01. The first kappa shape index (κ1) is 7.72. The van der Waals surface area contributed by atoms with Crippen LogP contribution in [0.5, 0.6) is 0 Å². The van der Waals surface area contributed by atoms with Crippen LogP contribution in [0.3, 0.4) is 0 Å². The van der Waals surface area contributed by atoms with Gasteiger partial charge in [0.1, 0.15) is 12.1 Å². The topological polar surface area (TPSA) is 34.1 Å². The lowest BCUT2D eigenvalue weighted by molar-refractivity contribution is -0.155. The van der Waals surface area contributed by atoms with E-state index >= 15 is 0 Å². The molecule has 0 amide bonds. The van der Waals surface area contributed by atoms with Gasteiger partial charge < -0.3 is 4.79 Å². The van der Waals surface area contributed by atoms with Gasteiger partial charge in [-0.25, -0.2) is 0 Å². The van der Waals surface area contributed by atoms with Gasteiger partial charge in [-0.2, -0.15) is 0 Å². The second-order valence-electron chi connectivity index (χ2n) is 5.18. The zero-order valence-corrected chi connectivity index (χ0v) is 7.66. The molecule has 0 N–H and O–H groups in total. The fourth-order valence-corrected chi connectivity index (χ4v) is 3.99. The summed E-state index contributed by atoms with van der Waals surface area (Å²) in [5.74, 6) is 1.88. The molecule has 70 valence electrons. The number of hydrogen-bond donors (Lipinski definition) is 0. The molecule has 2 nitrogen and oxygen atoms in total. The molecule has 4 saturated carbocycles. The van der Waals surface area contributed by atoms with Crippen molar-refractivity contribution in [1.29, 1.82) is 0 Å². The molecular weight excluding hydrogens is 164 g/mol. The van der Waals surface area contributed by atoms with Crippen LogP contribution >= 0.6 is 0 Å². The summed E-state index contributed by atoms with van der Waals surface area (Å²) in [4.78, 5) is 22.9. The van der Waals surface area contributed by atoms with Crippen LogP contribution in [-0.2, 0) is 9.59 Å². The molecule has 0 aromatic carbocycles. The van der Waals surface area contributed by atoms with Gasteiger partial charge in [0.05, 0.1) is 5.41 Å². The summed E-state index contributed by atoms with van der Waals surface area (Å²) in [6, 6.07) is 0. The van der Waals surface area contributed by atoms with E-state index in [1.54, 1.807) is 0 Å². The maximum absolute atomic E-state index is 11.9. The van der Waals surface area contributed by atoms with Crippen molar-refractivity contribution in [3.8, 4) is 0 Å². The third kappa shape index (κ3) is 0.839. The zero-order chi connectivity index (χ0) is 9.05. The Bertz CT molecular complexity index is 268. The summed E-state index contributed by atoms with van der Waals surface area (Å²) in [7, 11) is 0. The Morgan fingerprint density at radius 3 is 2.31 bits per heavy atom. The van der Waals surface area contributed by atoms with Crippen molar-refractivity contribution >= 4 is 12.1 Å². The van der Waals surface area contributed by atoms with E-state index < -0.39 is 5.41 Å². The smallest absolute Gasteiger partial charge is 0.149 e. The van der Waals surface area contributed by atoms with Crippen LogP contribution in [0.2, 0.25) is 0 Å². The molecule has 4 fully saturated rings. The number of carbonyl (C=O) groups excluding carboxylic acids is 2. The molecular formula is C11H14O2. The Hall–Kier alpha value is -0.660. The van der Waals surface area contributed by atoms with Crippen molar-refractivity contribution < 1.29 is 9.59 Å². The first-order valence-electron chi connectivity index (χ1n) is 5.24. The number of aldehydes is 1. The average molecular weight is 178 g/mol. The van der Waals surface area contributed by atoms with Crippen LogP contribution in [0, 0.1) is 23.2 Å². The molecule has 0 radical (unpaired) electrons.